The van der Waals surface area contributed by atoms with Gasteiger partial charge in [0.2, 0.25) is 5.91 Å². The number of carboxylic acids is 1. The molecule has 4 rings (SSSR count). The van der Waals surface area contributed by atoms with Gasteiger partial charge in [0.15, 0.2) is 0 Å². The molecular weight excluding hydrogens is 448 g/mol. The van der Waals surface area contributed by atoms with Gasteiger partial charge >= 0.3 is 12.1 Å². The number of nitrogens with one attached hydrogen (secondary N) is 2. The van der Waals surface area contributed by atoms with Crippen LogP contribution in [0.2, 0.25) is 0 Å². The molecule has 2 aliphatic rings. The van der Waals surface area contributed by atoms with Crippen molar-refractivity contribution in [3.8, 4) is 11.1 Å². The van der Waals surface area contributed by atoms with Crippen molar-refractivity contribution in [2.24, 2.45) is 5.92 Å². The topological polar surface area (TPSA) is 114 Å². The summed E-state index contributed by atoms with van der Waals surface area (Å²) >= 11 is 0. The lowest BCUT2D eigenvalue weighted by atomic mass is 9.98. The second-order valence-electron chi connectivity index (χ2n) is 9.19. The summed E-state index contributed by atoms with van der Waals surface area (Å²) in [6.07, 6.45) is 1.09. The van der Waals surface area contributed by atoms with Gasteiger partial charge in [-0.15, -0.1) is 0 Å². The van der Waals surface area contributed by atoms with Gasteiger partial charge in [-0.25, -0.2) is 4.79 Å². The molecular formula is C27H32N2O6. The first-order valence-electron chi connectivity index (χ1n) is 12.2. The number of hydrogen-bond acceptors (Lipinski definition) is 5. The van der Waals surface area contributed by atoms with E-state index in [1.165, 1.54) is 11.1 Å². The third kappa shape index (κ3) is 6.00. The van der Waals surface area contributed by atoms with Crippen LogP contribution >= 0.6 is 0 Å². The summed E-state index contributed by atoms with van der Waals surface area (Å²) in [5, 5.41) is 14.7. The number of benzene rings is 2. The molecule has 0 bridgehead atoms. The number of alkyl carbamates (subject to hydrolysis) is 1. The molecule has 1 heterocycles. The molecule has 35 heavy (non-hydrogen) atoms. The molecule has 1 aliphatic carbocycles. The number of fused-ring (bicyclic) bond motifs is 3. The molecule has 8 heteroatoms. The standard InChI is InChI=1S/C27H32N2O6/c1-2-7-18(13-25(30)28-14-19-12-17(15-34-19)26(31)32)29-27(33)35-16-24-22-10-5-3-8-20(22)21-9-4-6-11-23(21)24/h3-6,8-11,17-19,24H,2,7,12-16H2,1H3,(H,28,30)(H,29,33)(H,31,32). The van der Waals surface area contributed by atoms with E-state index >= 15 is 0 Å². The number of rotatable bonds is 10. The Bertz CT molecular complexity index is 1030. The molecule has 3 unspecified atom stereocenters. The zero-order valence-corrected chi connectivity index (χ0v) is 19.9. The number of carbonyl (C=O) groups is 3. The van der Waals surface area contributed by atoms with Crippen molar-refractivity contribution in [1.29, 1.82) is 0 Å². The van der Waals surface area contributed by atoms with E-state index in [4.69, 9.17) is 14.6 Å². The van der Waals surface area contributed by atoms with E-state index in [9.17, 15) is 14.4 Å². The minimum Gasteiger partial charge on any atom is -0.481 e. The van der Waals surface area contributed by atoms with E-state index in [1.54, 1.807) is 0 Å². The molecule has 1 saturated heterocycles. The van der Waals surface area contributed by atoms with Gasteiger partial charge in [-0.2, -0.15) is 0 Å². The Morgan fingerprint density at radius 1 is 1.09 bits per heavy atom. The van der Waals surface area contributed by atoms with E-state index in [0.29, 0.717) is 12.8 Å². The Morgan fingerprint density at radius 2 is 1.74 bits per heavy atom. The van der Waals surface area contributed by atoms with Gasteiger partial charge < -0.3 is 25.2 Å². The van der Waals surface area contributed by atoms with Gasteiger partial charge in [0.05, 0.1) is 18.6 Å². The van der Waals surface area contributed by atoms with E-state index in [2.05, 4.69) is 34.9 Å². The Labute approximate surface area is 205 Å². The Morgan fingerprint density at radius 3 is 2.34 bits per heavy atom. The molecule has 2 amide bonds. The molecule has 1 fully saturated rings. The first-order chi connectivity index (χ1) is 17.0. The first kappa shape index (κ1) is 24.7. The van der Waals surface area contributed by atoms with Crippen molar-refractivity contribution in [1.82, 2.24) is 10.6 Å². The van der Waals surface area contributed by atoms with Crippen molar-refractivity contribution >= 4 is 18.0 Å². The Balaban J connectivity index is 1.27. The quantitative estimate of drug-likeness (QED) is 0.478. The van der Waals surface area contributed by atoms with Crippen molar-refractivity contribution in [3.63, 3.8) is 0 Å². The third-order valence-electron chi connectivity index (χ3n) is 6.69. The summed E-state index contributed by atoms with van der Waals surface area (Å²) in [4.78, 5) is 36.1. The van der Waals surface area contributed by atoms with Gasteiger partial charge in [-0.3, -0.25) is 9.59 Å². The number of ether oxygens (including phenoxy) is 2. The van der Waals surface area contributed by atoms with Crippen LogP contribution in [0.1, 0.15) is 49.7 Å². The van der Waals surface area contributed by atoms with Gasteiger partial charge in [-0.1, -0.05) is 61.9 Å². The van der Waals surface area contributed by atoms with E-state index in [-0.39, 0.29) is 50.2 Å². The molecule has 2 aromatic rings. The summed E-state index contributed by atoms with van der Waals surface area (Å²) in [6.45, 7) is 2.63. The van der Waals surface area contributed by atoms with E-state index < -0.39 is 18.0 Å². The van der Waals surface area contributed by atoms with Crippen molar-refractivity contribution in [2.75, 3.05) is 19.8 Å². The number of hydrogen-bond donors (Lipinski definition) is 3. The number of aliphatic carboxylic acids is 1. The number of carboxylic acid groups (broad SMARTS) is 1. The van der Waals surface area contributed by atoms with Crippen molar-refractivity contribution < 1.29 is 29.0 Å². The fourth-order valence-corrected chi connectivity index (χ4v) is 4.92. The summed E-state index contributed by atoms with van der Waals surface area (Å²) in [7, 11) is 0. The van der Waals surface area contributed by atoms with Crippen LogP contribution in [0.4, 0.5) is 4.79 Å². The number of carbonyl (C=O) groups excluding carboxylic acids is 2. The predicted molar refractivity (Wildman–Crippen MR) is 130 cm³/mol. The van der Waals surface area contributed by atoms with Gasteiger partial charge in [0.25, 0.3) is 0 Å². The molecule has 0 saturated carbocycles. The lowest BCUT2D eigenvalue weighted by molar-refractivity contribution is -0.141. The minimum absolute atomic E-state index is 0.0258. The Kier molecular flexibility index (Phi) is 8.02. The molecule has 8 nitrogen and oxygen atoms in total. The van der Waals surface area contributed by atoms with Crippen LogP contribution in [0, 0.1) is 5.92 Å². The highest BCUT2D eigenvalue weighted by molar-refractivity contribution is 5.79. The maximum Gasteiger partial charge on any atom is 0.407 e. The Hall–Kier alpha value is -3.39. The monoisotopic (exact) mass is 480 g/mol. The van der Waals surface area contributed by atoms with Crippen molar-refractivity contribution in [2.45, 2.75) is 50.7 Å². The zero-order chi connectivity index (χ0) is 24.8. The van der Waals surface area contributed by atoms with Gasteiger partial charge in [0, 0.05) is 24.9 Å². The highest BCUT2D eigenvalue weighted by Crippen LogP contribution is 2.44. The van der Waals surface area contributed by atoms with Crippen LogP contribution in [-0.4, -0.2) is 55.0 Å². The summed E-state index contributed by atoms with van der Waals surface area (Å²) < 4.78 is 11.1. The fraction of sp³-hybridized carbons (Fsp3) is 0.444. The van der Waals surface area contributed by atoms with Crippen LogP contribution in [0.3, 0.4) is 0 Å². The summed E-state index contributed by atoms with van der Waals surface area (Å²) in [5.41, 5.74) is 4.62. The molecule has 3 atom stereocenters. The second kappa shape index (κ2) is 11.4. The SMILES string of the molecule is CCCC(CC(=O)NCC1CC(C(=O)O)CO1)NC(=O)OCC1c2ccccc2-c2ccccc21. The third-order valence-corrected chi connectivity index (χ3v) is 6.69. The number of amides is 2. The van der Waals surface area contributed by atoms with Crippen LogP contribution in [0.25, 0.3) is 11.1 Å². The maximum absolute atomic E-state index is 12.6. The molecule has 0 spiro atoms. The molecule has 3 N–H and O–H groups in total. The van der Waals surface area contributed by atoms with Crippen LogP contribution in [0.15, 0.2) is 48.5 Å². The van der Waals surface area contributed by atoms with Crippen molar-refractivity contribution in [3.05, 3.63) is 59.7 Å². The molecule has 1 aliphatic heterocycles. The van der Waals surface area contributed by atoms with Crippen LogP contribution in [-0.2, 0) is 19.1 Å². The summed E-state index contributed by atoms with van der Waals surface area (Å²) in [5.74, 6) is -1.65. The largest absolute Gasteiger partial charge is 0.481 e. The average Bonchev–Trinajstić information content (AvgIpc) is 3.45. The average molecular weight is 481 g/mol. The molecule has 186 valence electrons. The minimum atomic E-state index is -0.880. The molecule has 2 aromatic carbocycles. The first-order valence-corrected chi connectivity index (χ1v) is 12.2. The summed E-state index contributed by atoms with van der Waals surface area (Å²) in [6, 6.07) is 16.0. The maximum atomic E-state index is 12.6. The normalized spacial score (nSPS) is 19.5. The fourth-order valence-electron chi connectivity index (χ4n) is 4.92. The van der Waals surface area contributed by atoms with E-state index in [1.807, 2.05) is 31.2 Å². The highest BCUT2D eigenvalue weighted by Gasteiger charge is 2.31. The van der Waals surface area contributed by atoms with Crippen LogP contribution in [0.5, 0.6) is 0 Å². The second-order valence-corrected chi connectivity index (χ2v) is 9.19. The molecule has 0 aromatic heterocycles. The lowest BCUT2D eigenvalue weighted by Crippen LogP contribution is -2.41. The smallest absolute Gasteiger partial charge is 0.407 e. The lowest BCUT2D eigenvalue weighted by Gasteiger charge is -2.20. The van der Waals surface area contributed by atoms with E-state index in [0.717, 1.165) is 17.5 Å². The van der Waals surface area contributed by atoms with Gasteiger partial charge in [0.1, 0.15) is 6.61 Å². The highest BCUT2D eigenvalue weighted by atomic mass is 16.5. The predicted octanol–water partition coefficient (Wildman–Crippen LogP) is 3.69. The van der Waals surface area contributed by atoms with Crippen LogP contribution < -0.4 is 10.6 Å². The van der Waals surface area contributed by atoms with Gasteiger partial charge in [-0.05, 0) is 35.1 Å². The zero-order valence-electron chi connectivity index (χ0n) is 19.9. The molecule has 0 radical (unpaired) electrons.